The van der Waals surface area contributed by atoms with Gasteiger partial charge in [-0.1, -0.05) is 36.4 Å². The first-order chi connectivity index (χ1) is 10.0. The molecule has 0 unspecified atom stereocenters. The number of nitrogens with zero attached hydrogens (tertiary/aromatic N) is 2. The fourth-order valence-corrected chi connectivity index (χ4v) is 4.03. The third-order valence-corrected chi connectivity index (χ3v) is 4.93. The summed E-state index contributed by atoms with van der Waals surface area (Å²) in [5, 5.41) is 9.55. The van der Waals surface area contributed by atoms with Crippen molar-refractivity contribution < 1.29 is 9.90 Å². The molecular formula is C17H22N2O2. The summed E-state index contributed by atoms with van der Waals surface area (Å²) in [7, 11) is 0. The Kier molecular flexibility index (Phi) is 3.49. The molecule has 2 fully saturated rings. The normalized spacial score (nSPS) is 32.1. The molecule has 1 aromatic rings. The van der Waals surface area contributed by atoms with Crippen LogP contribution >= 0.6 is 0 Å². The number of benzene rings is 1. The number of piperazine rings is 1. The van der Waals surface area contributed by atoms with Gasteiger partial charge < -0.3 is 5.11 Å². The number of rotatable bonds is 3. The Morgan fingerprint density at radius 1 is 1.48 bits per heavy atom. The van der Waals surface area contributed by atoms with E-state index in [1.165, 1.54) is 5.56 Å². The van der Waals surface area contributed by atoms with E-state index in [4.69, 9.17) is 0 Å². The second-order valence-corrected chi connectivity index (χ2v) is 6.37. The molecule has 112 valence electrons. The summed E-state index contributed by atoms with van der Waals surface area (Å²) in [6.45, 7) is 7.63. The van der Waals surface area contributed by atoms with Crippen LogP contribution in [0.1, 0.15) is 25.3 Å². The van der Waals surface area contributed by atoms with Crippen LogP contribution in [0.4, 0.5) is 4.79 Å². The standard InChI is InChI=1S/C17H22N2O2/c1-3-14-15-9-10-17(2,19(15)16(20)21)12-18(14)11-13-7-5-4-6-8-13/h3-8,14-15H,1,9-12H2,2H3,(H,20,21)/t14-,15+,17-/m1/s1. The topological polar surface area (TPSA) is 43.8 Å². The fraction of sp³-hybridized carbons (Fsp3) is 0.471. The molecular weight excluding hydrogens is 264 g/mol. The van der Waals surface area contributed by atoms with Crippen LogP contribution in [0.2, 0.25) is 0 Å². The molecule has 0 aromatic heterocycles. The zero-order valence-corrected chi connectivity index (χ0v) is 12.4. The molecule has 2 saturated heterocycles. The van der Waals surface area contributed by atoms with E-state index < -0.39 is 6.09 Å². The van der Waals surface area contributed by atoms with Gasteiger partial charge in [0.05, 0.1) is 11.6 Å². The van der Waals surface area contributed by atoms with E-state index in [-0.39, 0.29) is 17.6 Å². The fourth-order valence-electron chi connectivity index (χ4n) is 4.03. The average Bonchev–Trinajstić information content (AvgIpc) is 2.71. The number of carbonyl (C=O) groups is 1. The maximum absolute atomic E-state index is 11.6. The number of hydrogen-bond donors (Lipinski definition) is 1. The van der Waals surface area contributed by atoms with E-state index in [1.54, 1.807) is 4.90 Å². The summed E-state index contributed by atoms with van der Waals surface area (Å²) in [5.41, 5.74) is 0.987. The Hall–Kier alpha value is -1.81. The molecule has 2 aliphatic heterocycles. The van der Waals surface area contributed by atoms with Crippen molar-refractivity contribution in [2.24, 2.45) is 0 Å². The van der Waals surface area contributed by atoms with Crippen molar-refractivity contribution in [3.05, 3.63) is 48.6 Å². The Bertz CT molecular complexity index is 545. The van der Waals surface area contributed by atoms with E-state index in [1.807, 2.05) is 24.3 Å². The molecule has 4 nitrogen and oxygen atoms in total. The lowest BCUT2D eigenvalue weighted by molar-refractivity contribution is -0.00694. The molecule has 0 aliphatic carbocycles. The van der Waals surface area contributed by atoms with Crippen LogP contribution in [0.5, 0.6) is 0 Å². The van der Waals surface area contributed by atoms with Gasteiger partial charge in [-0.3, -0.25) is 9.80 Å². The highest BCUT2D eigenvalue weighted by Gasteiger charge is 2.54. The highest BCUT2D eigenvalue weighted by Crippen LogP contribution is 2.42. The quantitative estimate of drug-likeness (QED) is 0.869. The highest BCUT2D eigenvalue weighted by molar-refractivity contribution is 5.68. The maximum atomic E-state index is 11.6. The minimum atomic E-state index is -0.800. The second kappa shape index (κ2) is 5.19. The van der Waals surface area contributed by atoms with Crippen molar-refractivity contribution in [1.82, 2.24) is 9.80 Å². The van der Waals surface area contributed by atoms with Crippen molar-refractivity contribution >= 4 is 6.09 Å². The summed E-state index contributed by atoms with van der Waals surface area (Å²) in [6, 6.07) is 10.5. The first kappa shape index (κ1) is 14.1. The first-order valence-corrected chi connectivity index (χ1v) is 7.48. The minimum absolute atomic E-state index is 0.0301. The smallest absolute Gasteiger partial charge is 0.408 e. The maximum Gasteiger partial charge on any atom is 0.408 e. The monoisotopic (exact) mass is 286 g/mol. The molecule has 0 saturated carbocycles. The van der Waals surface area contributed by atoms with Gasteiger partial charge in [0, 0.05) is 19.1 Å². The Labute approximate surface area is 125 Å². The number of carboxylic acid groups (broad SMARTS) is 1. The van der Waals surface area contributed by atoms with E-state index in [0.717, 1.165) is 25.9 Å². The number of fused-ring (bicyclic) bond motifs is 2. The van der Waals surface area contributed by atoms with Gasteiger partial charge in [-0.15, -0.1) is 6.58 Å². The molecule has 4 heteroatoms. The lowest BCUT2D eigenvalue weighted by atomic mass is 9.95. The van der Waals surface area contributed by atoms with Gasteiger partial charge in [0.2, 0.25) is 0 Å². The van der Waals surface area contributed by atoms with Crippen molar-refractivity contribution in [2.75, 3.05) is 6.54 Å². The van der Waals surface area contributed by atoms with E-state index in [0.29, 0.717) is 0 Å². The molecule has 1 amide bonds. The van der Waals surface area contributed by atoms with E-state index >= 15 is 0 Å². The summed E-state index contributed by atoms with van der Waals surface area (Å²) < 4.78 is 0. The lowest BCUT2D eigenvalue weighted by Crippen LogP contribution is -2.65. The summed E-state index contributed by atoms with van der Waals surface area (Å²) in [5.74, 6) is 0. The van der Waals surface area contributed by atoms with Crippen molar-refractivity contribution in [3.63, 3.8) is 0 Å². The third-order valence-electron chi connectivity index (χ3n) is 4.93. The van der Waals surface area contributed by atoms with E-state index in [2.05, 4.69) is 30.5 Å². The average molecular weight is 286 g/mol. The molecule has 0 radical (unpaired) electrons. The predicted octanol–water partition coefficient (Wildman–Crippen LogP) is 2.96. The zero-order valence-electron chi connectivity index (χ0n) is 12.4. The van der Waals surface area contributed by atoms with Crippen LogP contribution in [-0.2, 0) is 6.54 Å². The molecule has 2 bridgehead atoms. The third kappa shape index (κ3) is 2.33. The molecule has 21 heavy (non-hydrogen) atoms. The number of hydrogen-bond acceptors (Lipinski definition) is 2. The largest absolute Gasteiger partial charge is 0.465 e. The van der Waals surface area contributed by atoms with Crippen molar-refractivity contribution in [3.8, 4) is 0 Å². The molecule has 2 heterocycles. The van der Waals surface area contributed by atoms with Crippen molar-refractivity contribution in [2.45, 2.75) is 43.9 Å². The molecule has 3 rings (SSSR count). The van der Waals surface area contributed by atoms with Crippen LogP contribution in [-0.4, -0.2) is 45.2 Å². The predicted molar refractivity (Wildman–Crippen MR) is 82.1 cm³/mol. The van der Waals surface area contributed by atoms with Crippen LogP contribution < -0.4 is 0 Å². The lowest BCUT2D eigenvalue weighted by Gasteiger charge is -2.49. The van der Waals surface area contributed by atoms with Gasteiger partial charge >= 0.3 is 6.09 Å². The van der Waals surface area contributed by atoms with Gasteiger partial charge in [0.1, 0.15) is 0 Å². The molecule has 1 aromatic carbocycles. The molecule has 1 N–H and O–H groups in total. The summed E-state index contributed by atoms with van der Waals surface area (Å²) in [4.78, 5) is 15.7. The summed E-state index contributed by atoms with van der Waals surface area (Å²) >= 11 is 0. The van der Waals surface area contributed by atoms with Crippen LogP contribution in [0, 0.1) is 0 Å². The Morgan fingerprint density at radius 3 is 2.81 bits per heavy atom. The minimum Gasteiger partial charge on any atom is -0.465 e. The van der Waals surface area contributed by atoms with Gasteiger partial charge in [0.25, 0.3) is 0 Å². The van der Waals surface area contributed by atoms with Crippen LogP contribution in [0.25, 0.3) is 0 Å². The molecule has 0 spiro atoms. The van der Waals surface area contributed by atoms with Crippen LogP contribution in [0.3, 0.4) is 0 Å². The Balaban J connectivity index is 1.87. The molecule has 3 atom stereocenters. The van der Waals surface area contributed by atoms with E-state index in [9.17, 15) is 9.90 Å². The first-order valence-electron chi connectivity index (χ1n) is 7.48. The number of likely N-dealkylation sites (tertiary alicyclic amines) is 1. The highest BCUT2D eigenvalue weighted by atomic mass is 16.4. The van der Waals surface area contributed by atoms with Crippen molar-refractivity contribution in [1.29, 1.82) is 0 Å². The SMILES string of the molecule is C=C[C@@H]1[C@@H]2CC[C@](C)(CN1Cc1ccccc1)N2C(=O)O. The Morgan fingerprint density at radius 2 is 2.19 bits per heavy atom. The van der Waals surface area contributed by atoms with Crippen LogP contribution in [0.15, 0.2) is 43.0 Å². The molecule has 2 aliphatic rings. The number of amides is 1. The van der Waals surface area contributed by atoms with Gasteiger partial charge in [-0.25, -0.2) is 4.79 Å². The van der Waals surface area contributed by atoms with Gasteiger partial charge in [-0.2, -0.15) is 0 Å². The van der Waals surface area contributed by atoms with Gasteiger partial charge in [0.15, 0.2) is 0 Å². The second-order valence-electron chi connectivity index (χ2n) is 6.37. The van der Waals surface area contributed by atoms with Gasteiger partial charge in [-0.05, 0) is 25.3 Å². The zero-order chi connectivity index (χ0) is 15.0. The summed E-state index contributed by atoms with van der Waals surface area (Å²) in [6.07, 6.45) is 2.96.